The fourth-order valence-corrected chi connectivity index (χ4v) is 3.56. The van der Waals surface area contributed by atoms with E-state index in [-0.39, 0.29) is 17.9 Å². The molecule has 4 rings (SSSR count). The third-order valence-corrected chi connectivity index (χ3v) is 5.15. The second-order valence-electron chi connectivity index (χ2n) is 7.12. The summed E-state index contributed by atoms with van der Waals surface area (Å²) in [6.07, 6.45) is 1.26. The lowest BCUT2D eigenvalue weighted by Crippen LogP contribution is -2.36. The Morgan fingerprint density at radius 3 is 2.59 bits per heavy atom. The van der Waals surface area contributed by atoms with Crippen LogP contribution in [0.4, 0.5) is 0 Å². The van der Waals surface area contributed by atoms with Gasteiger partial charge < -0.3 is 10.1 Å². The zero-order chi connectivity index (χ0) is 20.1. The number of hydrogen-bond acceptors (Lipinski definition) is 5. The molecule has 0 atom stereocenters. The largest absolute Gasteiger partial charge is 0.379 e. The highest BCUT2D eigenvalue weighted by molar-refractivity contribution is 5.81. The highest BCUT2D eigenvalue weighted by Crippen LogP contribution is 2.13. The molecule has 150 valence electrons. The quantitative estimate of drug-likeness (QED) is 0.689. The smallest absolute Gasteiger partial charge is 0.242 e. The van der Waals surface area contributed by atoms with Gasteiger partial charge >= 0.3 is 0 Å². The zero-order valence-corrected chi connectivity index (χ0v) is 16.2. The fourth-order valence-electron chi connectivity index (χ4n) is 3.56. The van der Waals surface area contributed by atoms with Crippen molar-refractivity contribution >= 4 is 16.8 Å². The number of aromatic nitrogens is 2. The third-order valence-electron chi connectivity index (χ3n) is 5.15. The van der Waals surface area contributed by atoms with Crippen LogP contribution < -0.4 is 10.7 Å². The molecule has 1 aliphatic rings. The van der Waals surface area contributed by atoms with Crippen LogP contribution in [0.2, 0.25) is 0 Å². The number of nitrogens with one attached hydrogen (secondary N) is 1. The van der Waals surface area contributed by atoms with Crippen molar-refractivity contribution in [2.24, 2.45) is 0 Å². The predicted molar refractivity (Wildman–Crippen MR) is 110 cm³/mol. The number of morpholine rings is 1. The molecule has 0 spiro atoms. The van der Waals surface area contributed by atoms with Crippen LogP contribution in [0.3, 0.4) is 0 Å². The van der Waals surface area contributed by atoms with Crippen molar-refractivity contribution in [1.29, 1.82) is 0 Å². The minimum atomic E-state index is -0.146. The predicted octanol–water partition coefficient (Wildman–Crippen LogP) is 1.55. The molecule has 7 heteroatoms. The van der Waals surface area contributed by atoms with Crippen LogP contribution in [-0.2, 0) is 29.2 Å². The SMILES string of the molecule is O=C(Cn1ncc(=O)c2ccccc21)NCc1ccccc1CN1CCOCC1. The maximum Gasteiger partial charge on any atom is 0.242 e. The van der Waals surface area contributed by atoms with Gasteiger partial charge in [-0.05, 0) is 23.3 Å². The number of carbonyl (C=O) groups excluding carboxylic acids is 1. The molecule has 1 fully saturated rings. The van der Waals surface area contributed by atoms with Crippen molar-refractivity contribution in [2.75, 3.05) is 26.3 Å². The van der Waals surface area contributed by atoms with Gasteiger partial charge in [0.05, 0.1) is 24.9 Å². The van der Waals surface area contributed by atoms with Crippen molar-refractivity contribution < 1.29 is 9.53 Å². The molecule has 29 heavy (non-hydrogen) atoms. The maximum absolute atomic E-state index is 12.5. The molecule has 0 radical (unpaired) electrons. The second-order valence-corrected chi connectivity index (χ2v) is 7.12. The number of ether oxygens (including phenoxy) is 1. The first-order valence-electron chi connectivity index (χ1n) is 9.79. The molecule has 2 heterocycles. The van der Waals surface area contributed by atoms with Crippen LogP contribution in [0.5, 0.6) is 0 Å². The minimum absolute atomic E-state index is 0.0619. The van der Waals surface area contributed by atoms with E-state index in [1.54, 1.807) is 22.9 Å². The number of fused-ring (bicyclic) bond motifs is 1. The van der Waals surface area contributed by atoms with E-state index in [9.17, 15) is 9.59 Å². The van der Waals surface area contributed by atoms with Crippen LogP contribution in [0, 0.1) is 0 Å². The summed E-state index contributed by atoms with van der Waals surface area (Å²) in [4.78, 5) is 26.8. The number of benzene rings is 2. The van der Waals surface area contributed by atoms with Gasteiger partial charge in [0.15, 0.2) is 0 Å². The van der Waals surface area contributed by atoms with Crippen LogP contribution in [0.1, 0.15) is 11.1 Å². The summed E-state index contributed by atoms with van der Waals surface area (Å²) in [5.41, 5.74) is 2.82. The monoisotopic (exact) mass is 392 g/mol. The lowest BCUT2D eigenvalue weighted by Gasteiger charge is -2.27. The third kappa shape index (κ3) is 4.70. The number of nitrogens with zero attached hydrogens (tertiary/aromatic N) is 3. The highest BCUT2D eigenvalue weighted by atomic mass is 16.5. The average molecular weight is 392 g/mol. The average Bonchev–Trinajstić information content (AvgIpc) is 2.76. The van der Waals surface area contributed by atoms with Gasteiger partial charge in [-0.1, -0.05) is 36.4 Å². The van der Waals surface area contributed by atoms with Gasteiger partial charge in [-0.3, -0.25) is 19.2 Å². The molecule has 3 aromatic rings. The number of rotatable bonds is 6. The Kier molecular flexibility index (Phi) is 5.97. The Labute approximate surface area is 168 Å². The van der Waals surface area contributed by atoms with E-state index in [0.29, 0.717) is 17.4 Å². The molecule has 1 aliphatic heterocycles. The molecule has 7 nitrogen and oxygen atoms in total. The molecule has 0 saturated carbocycles. The van der Waals surface area contributed by atoms with Crippen molar-refractivity contribution in [3.8, 4) is 0 Å². The van der Waals surface area contributed by atoms with E-state index in [2.05, 4.69) is 21.4 Å². The molecular weight excluding hydrogens is 368 g/mol. The number of para-hydroxylation sites is 1. The van der Waals surface area contributed by atoms with E-state index in [0.717, 1.165) is 38.4 Å². The Morgan fingerprint density at radius 2 is 1.76 bits per heavy atom. The summed E-state index contributed by atoms with van der Waals surface area (Å²) >= 11 is 0. The van der Waals surface area contributed by atoms with Crippen LogP contribution in [0.25, 0.3) is 10.9 Å². The van der Waals surface area contributed by atoms with Crippen molar-refractivity contribution in [3.63, 3.8) is 0 Å². The number of amides is 1. The van der Waals surface area contributed by atoms with Crippen LogP contribution >= 0.6 is 0 Å². The summed E-state index contributed by atoms with van der Waals surface area (Å²) in [5, 5.41) is 7.67. The lowest BCUT2D eigenvalue weighted by atomic mass is 10.1. The summed E-state index contributed by atoms with van der Waals surface area (Å²) in [6.45, 7) is 4.74. The van der Waals surface area contributed by atoms with Gasteiger partial charge in [0, 0.05) is 31.6 Å². The molecule has 2 aromatic carbocycles. The molecule has 1 aromatic heterocycles. The maximum atomic E-state index is 12.5. The first kappa shape index (κ1) is 19.3. The Bertz CT molecular complexity index is 1060. The van der Waals surface area contributed by atoms with Crippen molar-refractivity contribution in [1.82, 2.24) is 20.0 Å². The van der Waals surface area contributed by atoms with E-state index in [1.165, 1.54) is 11.8 Å². The van der Waals surface area contributed by atoms with Gasteiger partial charge in [0.25, 0.3) is 0 Å². The summed E-state index contributed by atoms with van der Waals surface area (Å²) in [7, 11) is 0. The summed E-state index contributed by atoms with van der Waals surface area (Å²) < 4.78 is 6.98. The molecule has 0 unspecified atom stereocenters. The Hall–Kier alpha value is -3.03. The van der Waals surface area contributed by atoms with Gasteiger partial charge in [-0.2, -0.15) is 5.10 Å². The Balaban J connectivity index is 1.42. The summed E-state index contributed by atoms with van der Waals surface area (Å²) in [6, 6.07) is 15.3. The second kappa shape index (κ2) is 8.98. The number of hydrogen-bond donors (Lipinski definition) is 1. The van der Waals surface area contributed by atoms with Crippen LogP contribution in [0.15, 0.2) is 59.5 Å². The fraction of sp³-hybridized carbons (Fsp3) is 0.318. The lowest BCUT2D eigenvalue weighted by molar-refractivity contribution is -0.121. The van der Waals surface area contributed by atoms with E-state index in [1.807, 2.05) is 24.3 Å². The normalized spacial score (nSPS) is 14.8. The highest BCUT2D eigenvalue weighted by Gasteiger charge is 2.13. The van der Waals surface area contributed by atoms with Gasteiger partial charge in [-0.25, -0.2) is 0 Å². The zero-order valence-electron chi connectivity index (χ0n) is 16.2. The summed E-state index contributed by atoms with van der Waals surface area (Å²) in [5.74, 6) is -0.146. The minimum Gasteiger partial charge on any atom is -0.379 e. The van der Waals surface area contributed by atoms with Gasteiger partial charge in [0.2, 0.25) is 11.3 Å². The van der Waals surface area contributed by atoms with Crippen LogP contribution in [-0.4, -0.2) is 46.9 Å². The molecular formula is C22H24N4O3. The topological polar surface area (TPSA) is 76.5 Å². The van der Waals surface area contributed by atoms with E-state index in [4.69, 9.17) is 4.74 Å². The first-order valence-corrected chi connectivity index (χ1v) is 9.79. The van der Waals surface area contributed by atoms with E-state index < -0.39 is 0 Å². The standard InChI is InChI=1S/C22H24N4O3/c27-21-14-24-26(20-8-4-3-7-19(20)21)16-22(28)23-13-17-5-1-2-6-18(17)15-25-9-11-29-12-10-25/h1-8,14H,9-13,15-16H2,(H,23,28). The molecule has 0 aliphatic carbocycles. The molecule has 1 saturated heterocycles. The van der Waals surface area contributed by atoms with E-state index >= 15 is 0 Å². The molecule has 1 N–H and O–H groups in total. The van der Waals surface area contributed by atoms with Gasteiger partial charge in [0.1, 0.15) is 6.54 Å². The van der Waals surface area contributed by atoms with Gasteiger partial charge in [-0.15, -0.1) is 0 Å². The van der Waals surface area contributed by atoms with Crippen molar-refractivity contribution in [3.05, 3.63) is 76.1 Å². The first-order chi connectivity index (χ1) is 14.2. The Morgan fingerprint density at radius 1 is 1.03 bits per heavy atom. The molecule has 0 bridgehead atoms. The number of carbonyl (C=O) groups is 1. The molecule has 1 amide bonds. The van der Waals surface area contributed by atoms with Crippen molar-refractivity contribution in [2.45, 2.75) is 19.6 Å².